The normalized spacial score (nSPS) is 11.6. The van der Waals surface area contributed by atoms with E-state index in [2.05, 4.69) is 0 Å². The third kappa shape index (κ3) is 4.45. The summed E-state index contributed by atoms with van der Waals surface area (Å²) in [6.45, 7) is 1.52. The van der Waals surface area contributed by atoms with Gasteiger partial charge in [0.2, 0.25) is 5.78 Å². The van der Waals surface area contributed by atoms with Gasteiger partial charge in [0, 0.05) is 17.5 Å². The van der Waals surface area contributed by atoms with E-state index in [0.717, 1.165) is 5.56 Å². The van der Waals surface area contributed by atoms with E-state index in [1.165, 1.54) is 6.92 Å². The molecule has 3 nitrogen and oxygen atoms in total. The Morgan fingerprint density at radius 3 is 1.92 bits per heavy atom. The average Bonchev–Trinajstić information content (AvgIpc) is 2.69. The predicted octanol–water partition coefficient (Wildman–Crippen LogP) is 4.76. The molecule has 0 N–H and O–H groups in total. The number of hydrogen-bond acceptors (Lipinski definition) is 3. The molecule has 1 unspecified atom stereocenters. The number of rotatable bonds is 7. The molecule has 0 heterocycles. The van der Waals surface area contributed by atoms with Gasteiger partial charge in [-0.1, -0.05) is 60.7 Å². The van der Waals surface area contributed by atoms with Crippen LogP contribution >= 0.6 is 0 Å². The van der Waals surface area contributed by atoms with Crippen molar-refractivity contribution < 1.29 is 14.3 Å². The predicted molar refractivity (Wildman–Crippen MR) is 102 cm³/mol. The van der Waals surface area contributed by atoms with Crippen molar-refractivity contribution in [2.45, 2.75) is 19.4 Å². The highest BCUT2D eigenvalue weighted by Gasteiger charge is 2.22. The van der Waals surface area contributed by atoms with E-state index in [-0.39, 0.29) is 11.6 Å². The van der Waals surface area contributed by atoms with Gasteiger partial charge in [0.15, 0.2) is 11.9 Å². The largest absolute Gasteiger partial charge is 0.482 e. The molecule has 0 amide bonds. The Bertz CT molecular complexity index is 868. The van der Waals surface area contributed by atoms with Gasteiger partial charge in [0.05, 0.1) is 0 Å². The molecule has 26 heavy (non-hydrogen) atoms. The van der Waals surface area contributed by atoms with Crippen LogP contribution in [0.25, 0.3) is 0 Å². The van der Waals surface area contributed by atoms with Crippen molar-refractivity contribution in [1.29, 1.82) is 0 Å². The summed E-state index contributed by atoms with van der Waals surface area (Å²) in [6.07, 6.45) is -0.161. The Morgan fingerprint density at radius 2 is 1.35 bits per heavy atom. The highest BCUT2D eigenvalue weighted by atomic mass is 16.5. The Labute approximate surface area is 153 Å². The monoisotopic (exact) mass is 344 g/mol. The van der Waals surface area contributed by atoms with Crippen molar-refractivity contribution in [3.8, 4) is 5.75 Å². The quantitative estimate of drug-likeness (QED) is 0.580. The molecular weight excluding hydrogens is 324 g/mol. The van der Waals surface area contributed by atoms with Crippen molar-refractivity contribution in [3.05, 3.63) is 102 Å². The minimum absolute atomic E-state index is 0.00209. The lowest BCUT2D eigenvalue weighted by Crippen LogP contribution is -2.30. The molecule has 130 valence electrons. The van der Waals surface area contributed by atoms with Gasteiger partial charge < -0.3 is 4.74 Å². The maximum absolute atomic E-state index is 12.9. The maximum atomic E-state index is 12.9. The van der Waals surface area contributed by atoms with Crippen molar-refractivity contribution in [3.63, 3.8) is 0 Å². The minimum Gasteiger partial charge on any atom is -0.482 e. The first kappa shape index (κ1) is 17.6. The summed E-state index contributed by atoms with van der Waals surface area (Å²) in [7, 11) is 0. The summed E-state index contributed by atoms with van der Waals surface area (Å²) < 4.78 is 6.01. The second kappa shape index (κ2) is 8.26. The molecule has 1 atom stereocenters. The van der Waals surface area contributed by atoms with E-state index in [0.29, 0.717) is 23.3 Å². The van der Waals surface area contributed by atoms with Crippen LogP contribution in [-0.4, -0.2) is 17.7 Å². The van der Waals surface area contributed by atoms with Crippen LogP contribution in [0.1, 0.15) is 33.2 Å². The van der Waals surface area contributed by atoms with E-state index in [9.17, 15) is 9.59 Å². The molecule has 0 fully saturated rings. The Hall–Kier alpha value is -3.20. The van der Waals surface area contributed by atoms with Crippen LogP contribution < -0.4 is 4.74 Å². The molecule has 0 aliphatic heterocycles. The molecule has 0 aromatic heterocycles. The van der Waals surface area contributed by atoms with Crippen LogP contribution in [0.2, 0.25) is 0 Å². The molecule has 3 aromatic rings. The number of carbonyl (C=O) groups excluding carboxylic acids is 2. The molecule has 0 saturated heterocycles. The lowest BCUT2D eigenvalue weighted by molar-refractivity contribution is 0.0792. The van der Waals surface area contributed by atoms with Crippen LogP contribution in [0.3, 0.4) is 0 Å². The molecule has 0 bridgehead atoms. The van der Waals surface area contributed by atoms with Gasteiger partial charge in [0.25, 0.3) is 0 Å². The highest BCUT2D eigenvalue weighted by Crippen LogP contribution is 2.19. The number of ketones is 2. The fraction of sp³-hybridized carbons (Fsp3) is 0.130. The molecular formula is C23H20O3. The molecule has 0 saturated carbocycles. The van der Waals surface area contributed by atoms with Gasteiger partial charge in [-0.3, -0.25) is 9.59 Å². The van der Waals surface area contributed by atoms with Gasteiger partial charge in [-0.05, 0) is 36.8 Å². The molecule has 0 spiro atoms. The number of benzene rings is 3. The zero-order valence-corrected chi connectivity index (χ0v) is 14.6. The molecule has 3 aromatic carbocycles. The third-order valence-electron chi connectivity index (χ3n) is 4.15. The zero-order valence-electron chi connectivity index (χ0n) is 14.6. The standard InChI is InChI=1S/C23H20O3/c1-17(24)19-12-14-21(15-13-19)26-22(16-18-8-4-2-5-9-18)23(25)20-10-6-3-7-11-20/h2-15,22H,16H2,1H3. The summed E-state index contributed by atoms with van der Waals surface area (Å²) in [5.41, 5.74) is 2.27. The Kier molecular flexibility index (Phi) is 5.59. The van der Waals surface area contributed by atoms with Crippen LogP contribution in [0.5, 0.6) is 5.75 Å². The Morgan fingerprint density at radius 1 is 0.769 bits per heavy atom. The molecule has 3 rings (SSSR count). The lowest BCUT2D eigenvalue weighted by atomic mass is 9.99. The van der Waals surface area contributed by atoms with E-state index in [1.807, 2.05) is 48.5 Å². The topological polar surface area (TPSA) is 43.4 Å². The van der Waals surface area contributed by atoms with Gasteiger partial charge in [0.1, 0.15) is 5.75 Å². The van der Waals surface area contributed by atoms with E-state index in [1.54, 1.807) is 36.4 Å². The van der Waals surface area contributed by atoms with E-state index < -0.39 is 6.10 Å². The highest BCUT2D eigenvalue weighted by molar-refractivity contribution is 5.99. The average molecular weight is 344 g/mol. The minimum atomic E-state index is -0.636. The smallest absolute Gasteiger partial charge is 0.203 e. The SMILES string of the molecule is CC(=O)c1ccc(OC(Cc2ccccc2)C(=O)c2ccccc2)cc1. The summed E-state index contributed by atoms with van der Waals surface area (Å²) in [5, 5.41) is 0. The number of Topliss-reactive ketones (excluding diaryl/α,β-unsaturated/α-hetero) is 2. The molecule has 0 aliphatic rings. The maximum Gasteiger partial charge on any atom is 0.203 e. The van der Waals surface area contributed by atoms with Crippen LogP contribution in [0, 0.1) is 0 Å². The van der Waals surface area contributed by atoms with E-state index >= 15 is 0 Å². The molecule has 0 aliphatic carbocycles. The van der Waals surface area contributed by atoms with Crippen LogP contribution in [0.4, 0.5) is 0 Å². The Balaban J connectivity index is 1.84. The first-order valence-electron chi connectivity index (χ1n) is 8.54. The lowest BCUT2D eigenvalue weighted by Gasteiger charge is -2.18. The summed E-state index contributed by atoms with van der Waals surface area (Å²) in [6, 6.07) is 25.8. The first-order valence-corrected chi connectivity index (χ1v) is 8.54. The van der Waals surface area contributed by atoms with Gasteiger partial charge >= 0.3 is 0 Å². The van der Waals surface area contributed by atoms with Gasteiger partial charge in [-0.15, -0.1) is 0 Å². The second-order valence-electron chi connectivity index (χ2n) is 6.11. The van der Waals surface area contributed by atoms with Crippen molar-refractivity contribution >= 4 is 11.6 Å². The van der Waals surface area contributed by atoms with Crippen molar-refractivity contribution in [1.82, 2.24) is 0 Å². The summed E-state index contributed by atoms with van der Waals surface area (Å²) in [5.74, 6) is 0.503. The van der Waals surface area contributed by atoms with E-state index in [4.69, 9.17) is 4.74 Å². The van der Waals surface area contributed by atoms with Crippen LogP contribution in [-0.2, 0) is 6.42 Å². The first-order chi connectivity index (χ1) is 12.6. The molecule has 3 heteroatoms. The fourth-order valence-corrected chi connectivity index (χ4v) is 2.74. The van der Waals surface area contributed by atoms with Gasteiger partial charge in [-0.2, -0.15) is 0 Å². The van der Waals surface area contributed by atoms with Crippen molar-refractivity contribution in [2.75, 3.05) is 0 Å². The number of hydrogen-bond donors (Lipinski definition) is 0. The van der Waals surface area contributed by atoms with Crippen molar-refractivity contribution in [2.24, 2.45) is 0 Å². The second-order valence-corrected chi connectivity index (χ2v) is 6.11. The fourth-order valence-electron chi connectivity index (χ4n) is 2.74. The van der Waals surface area contributed by atoms with Gasteiger partial charge in [-0.25, -0.2) is 0 Å². The third-order valence-corrected chi connectivity index (χ3v) is 4.15. The number of carbonyl (C=O) groups is 2. The molecule has 0 radical (unpaired) electrons. The zero-order chi connectivity index (χ0) is 18.4. The number of ether oxygens (including phenoxy) is 1. The summed E-state index contributed by atoms with van der Waals surface area (Å²) >= 11 is 0. The van der Waals surface area contributed by atoms with Crippen LogP contribution in [0.15, 0.2) is 84.9 Å². The summed E-state index contributed by atoms with van der Waals surface area (Å²) in [4.78, 5) is 24.4.